The first-order valence-electron chi connectivity index (χ1n) is 9.27. The fourth-order valence-corrected chi connectivity index (χ4v) is 4.01. The molecule has 0 unspecified atom stereocenters. The van der Waals surface area contributed by atoms with Crippen LogP contribution in [0.4, 0.5) is 0 Å². The quantitative estimate of drug-likeness (QED) is 0.483. The van der Waals surface area contributed by atoms with Crippen molar-refractivity contribution in [2.45, 2.75) is 45.8 Å². The Labute approximate surface area is 174 Å². The summed E-state index contributed by atoms with van der Waals surface area (Å²) in [6.45, 7) is 5.08. The molecule has 0 amide bonds. The van der Waals surface area contributed by atoms with Gasteiger partial charge in [0, 0.05) is 45.7 Å². The van der Waals surface area contributed by atoms with Crippen LogP contribution < -0.4 is 0 Å². The second-order valence-electron chi connectivity index (χ2n) is 6.99. The van der Waals surface area contributed by atoms with Gasteiger partial charge in [0.15, 0.2) is 6.61 Å². The van der Waals surface area contributed by atoms with Crippen LogP contribution in [0, 0.1) is 13.8 Å². The van der Waals surface area contributed by atoms with E-state index in [0.29, 0.717) is 21.2 Å². The average molecular weight is 424 g/mol. The lowest BCUT2D eigenvalue weighted by Crippen LogP contribution is -2.18. The summed E-state index contributed by atoms with van der Waals surface area (Å²) in [5, 5.41) is 0.793. The molecule has 0 radical (unpaired) electrons. The van der Waals surface area contributed by atoms with Gasteiger partial charge in [0.1, 0.15) is 0 Å². The molecule has 1 aromatic heterocycles. The smallest absolute Gasteiger partial charge is 0.310 e. The van der Waals surface area contributed by atoms with Crippen LogP contribution in [-0.2, 0) is 27.2 Å². The van der Waals surface area contributed by atoms with Crippen molar-refractivity contribution in [1.29, 1.82) is 0 Å². The summed E-state index contributed by atoms with van der Waals surface area (Å²) in [4.78, 5) is 24.7. The molecule has 1 aliphatic heterocycles. The lowest BCUT2D eigenvalue weighted by atomic mass is 10.1. The average Bonchev–Trinajstić information content (AvgIpc) is 3.26. The number of esters is 1. The van der Waals surface area contributed by atoms with E-state index in [9.17, 15) is 9.59 Å². The normalized spacial score (nSPS) is 16.4. The molecule has 7 heteroatoms. The van der Waals surface area contributed by atoms with Gasteiger partial charge in [-0.25, -0.2) is 0 Å². The maximum absolute atomic E-state index is 12.6. The monoisotopic (exact) mass is 423 g/mol. The van der Waals surface area contributed by atoms with E-state index in [2.05, 4.69) is 4.57 Å². The van der Waals surface area contributed by atoms with Crippen molar-refractivity contribution in [2.75, 3.05) is 13.2 Å². The molecule has 1 aromatic carbocycles. The Hall–Kier alpha value is -1.82. The minimum Gasteiger partial charge on any atom is -0.457 e. The Bertz CT molecular complexity index is 865. The van der Waals surface area contributed by atoms with Crippen molar-refractivity contribution in [1.82, 2.24) is 4.57 Å². The largest absolute Gasteiger partial charge is 0.457 e. The van der Waals surface area contributed by atoms with E-state index in [-0.39, 0.29) is 24.9 Å². The number of aryl methyl sites for hydroxylation is 1. The second kappa shape index (κ2) is 9.12. The summed E-state index contributed by atoms with van der Waals surface area (Å²) >= 11 is 12.1. The SMILES string of the molecule is Cc1cc(C(=O)COC(=O)Cc2c(Cl)cccc2Cl)c(C)n1C[C@@H]1CCCO1. The number of rotatable bonds is 7. The third-order valence-electron chi connectivity index (χ3n) is 5.03. The van der Waals surface area contributed by atoms with Gasteiger partial charge in [-0.2, -0.15) is 0 Å². The van der Waals surface area contributed by atoms with Crippen molar-refractivity contribution >= 4 is 35.0 Å². The van der Waals surface area contributed by atoms with Gasteiger partial charge in [-0.1, -0.05) is 29.3 Å². The first-order valence-corrected chi connectivity index (χ1v) is 10.0. The summed E-state index contributed by atoms with van der Waals surface area (Å²) < 4.78 is 13.0. The summed E-state index contributed by atoms with van der Waals surface area (Å²) in [7, 11) is 0. The van der Waals surface area contributed by atoms with Gasteiger partial charge in [-0.05, 0) is 44.9 Å². The van der Waals surface area contributed by atoms with E-state index >= 15 is 0 Å². The summed E-state index contributed by atoms with van der Waals surface area (Å²) in [5.41, 5.74) is 2.92. The van der Waals surface area contributed by atoms with E-state index in [1.165, 1.54) is 0 Å². The number of halogens is 2. The van der Waals surface area contributed by atoms with Crippen molar-refractivity contribution in [3.8, 4) is 0 Å². The predicted molar refractivity (Wildman–Crippen MR) is 108 cm³/mol. The van der Waals surface area contributed by atoms with E-state index in [4.69, 9.17) is 32.7 Å². The molecule has 0 saturated carbocycles. The molecule has 1 aliphatic rings. The van der Waals surface area contributed by atoms with Crippen LogP contribution in [0.5, 0.6) is 0 Å². The van der Waals surface area contributed by atoms with E-state index in [1.807, 2.05) is 19.9 Å². The molecule has 150 valence electrons. The van der Waals surface area contributed by atoms with Gasteiger partial charge < -0.3 is 14.0 Å². The summed E-state index contributed by atoms with van der Waals surface area (Å²) in [6, 6.07) is 6.86. The van der Waals surface area contributed by atoms with Crippen LogP contribution in [-0.4, -0.2) is 35.6 Å². The fourth-order valence-electron chi connectivity index (χ4n) is 3.48. The Morgan fingerprint density at radius 2 is 1.96 bits per heavy atom. The number of carbonyl (C=O) groups excluding carboxylic acids is 2. The number of nitrogens with zero attached hydrogens (tertiary/aromatic N) is 1. The molecule has 5 nitrogen and oxygen atoms in total. The van der Waals surface area contributed by atoms with Crippen LogP contribution in [0.3, 0.4) is 0 Å². The second-order valence-corrected chi connectivity index (χ2v) is 7.81. The number of aromatic nitrogens is 1. The number of Topliss-reactive ketones (excluding diaryl/α,β-unsaturated/α-hetero) is 1. The first kappa shape index (κ1) is 20.9. The van der Waals surface area contributed by atoms with E-state index in [0.717, 1.165) is 37.4 Å². The number of benzene rings is 1. The first-order chi connectivity index (χ1) is 13.4. The number of hydrogen-bond acceptors (Lipinski definition) is 4. The maximum Gasteiger partial charge on any atom is 0.310 e. The zero-order valence-corrected chi connectivity index (χ0v) is 17.5. The third-order valence-corrected chi connectivity index (χ3v) is 5.74. The highest BCUT2D eigenvalue weighted by Crippen LogP contribution is 2.25. The summed E-state index contributed by atoms with van der Waals surface area (Å²) in [5.74, 6) is -0.776. The molecule has 1 saturated heterocycles. The minimum atomic E-state index is -0.545. The molecule has 0 aliphatic carbocycles. The minimum absolute atomic E-state index is 0.0795. The fraction of sp³-hybridized carbons (Fsp3) is 0.429. The highest BCUT2D eigenvalue weighted by Gasteiger charge is 2.22. The Morgan fingerprint density at radius 1 is 1.25 bits per heavy atom. The molecule has 28 heavy (non-hydrogen) atoms. The van der Waals surface area contributed by atoms with E-state index < -0.39 is 5.97 Å². The Kier molecular flexibility index (Phi) is 6.81. The van der Waals surface area contributed by atoms with Crippen molar-refractivity contribution in [2.24, 2.45) is 0 Å². The molecular formula is C21H23Cl2NO4. The molecule has 1 fully saturated rings. The molecule has 1 atom stereocenters. The van der Waals surface area contributed by atoms with Crippen LogP contribution in [0.25, 0.3) is 0 Å². The standard InChI is InChI=1S/C21H23Cl2NO4/c1-13-9-16(14(2)24(13)11-15-5-4-8-27-15)20(25)12-28-21(26)10-17-18(22)6-3-7-19(17)23/h3,6-7,9,15H,4-5,8,10-12H2,1-2H3/t15-/m0/s1. The molecule has 3 rings (SSSR count). The number of ketones is 1. The van der Waals surface area contributed by atoms with Gasteiger partial charge in [-0.15, -0.1) is 0 Å². The number of carbonyl (C=O) groups is 2. The molecule has 0 N–H and O–H groups in total. The predicted octanol–water partition coefficient (Wildman–Crippen LogP) is 4.56. The highest BCUT2D eigenvalue weighted by atomic mass is 35.5. The Morgan fingerprint density at radius 3 is 2.61 bits per heavy atom. The van der Waals surface area contributed by atoms with Gasteiger partial charge in [0.25, 0.3) is 0 Å². The molecule has 0 spiro atoms. The molecular weight excluding hydrogens is 401 g/mol. The van der Waals surface area contributed by atoms with Crippen molar-refractivity contribution < 1.29 is 19.1 Å². The number of ether oxygens (including phenoxy) is 2. The molecule has 2 heterocycles. The molecule has 0 bridgehead atoms. The van der Waals surface area contributed by atoms with Gasteiger partial charge in [0.2, 0.25) is 5.78 Å². The summed E-state index contributed by atoms with van der Waals surface area (Å²) in [6.07, 6.45) is 2.21. The zero-order valence-electron chi connectivity index (χ0n) is 16.0. The van der Waals surface area contributed by atoms with Crippen LogP contribution in [0.15, 0.2) is 24.3 Å². The van der Waals surface area contributed by atoms with Crippen LogP contribution in [0.1, 0.15) is 40.2 Å². The van der Waals surface area contributed by atoms with Crippen molar-refractivity contribution in [3.05, 3.63) is 56.8 Å². The molecule has 2 aromatic rings. The van der Waals surface area contributed by atoms with Gasteiger partial charge >= 0.3 is 5.97 Å². The lowest BCUT2D eigenvalue weighted by molar-refractivity contribution is -0.141. The zero-order chi connectivity index (χ0) is 20.3. The van der Waals surface area contributed by atoms with Crippen LogP contribution >= 0.6 is 23.2 Å². The maximum atomic E-state index is 12.6. The van der Waals surface area contributed by atoms with Gasteiger partial charge in [-0.3, -0.25) is 9.59 Å². The lowest BCUT2D eigenvalue weighted by Gasteiger charge is -2.14. The van der Waals surface area contributed by atoms with E-state index in [1.54, 1.807) is 18.2 Å². The topological polar surface area (TPSA) is 57.5 Å². The Balaban J connectivity index is 1.61. The number of hydrogen-bond donors (Lipinski definition) is 0. The van der Waals surface area contributed by atoms with Crippen molar-refractivity contribution in [3.63, 3.8) is 0 Å². The van der Waals surface area contributed by atoms with Crippen LogP contribution in [0.2, 0.25) is 10.0 Å². The highest BCUT2D eigenvalue weighted by molar-refractivity contribution is 6.36. The third kappa shape index (κ3) is 4.77. The van der Waals surface area contributed by atoms with Gasteiger partial charge in [0.05, 0.1) is 12.5 Å².